The second-order valence-electron chi connectivity index (χ2n) is 1.21. The minimum Gasteiger partial charge on any atom is -0.391 e. The Morgan fingerprint density at radius 1 is 1.50 bits per heavy atom. The Bertz CT molecular complexity index is 157. The lowest BCUT2D eigenvalue weighted by Gasteiger charge is -2.22. The van der Waals surface area contributed by atoms with E-state index in [0.717, 1.165) is 0 Å². The summed E-state index contributed by atoms with van der Waals surface area (Å²) in [5.41, 5.74) is 0. The molecule has 0 saturated carbocycles. The Morgan fingerprint density at radius 2 is 2.00 bits per heavy atom. The molecule has 0 atom stereocenters. The van der Waals surface area contributed by atoms with Crippen molar-refractivity contribution in [1.82, 2.24) is 0 Å². The van der Waals surface area contributed by atoms with Gasteiger partial charge in [0, 0.05) is 0 Å². The molecule has 1 rings (SSSR count). The van der Waals surface area contributed by atoms with Gasteiger partial charge in [0.05, 0.1) is 6.61 Å². The molecule has 1 aliphatic heterocycles. The zero-order chi connectivity index (χ0) is 6.20. The lowest BCUT2D eigenvalue weighted by atomic mass is 10.7. The van der Waals surface area contributed by atoms with Crippen LogP contribution in [0.3, 0.4) is 0 Å². The van der Waals surface area contributed by atoms with Crippen molar-refractivity contribution >= 4 is 10.4 Å². The van der Waals surface area contributed by atoms with E-state index in [1.54, 1.807) is 0 Å². The van der Waals surface area contributed by atoms with E-state index in [-0.39, 0.29) is 0 Å². The summed E-state index contributed by atoms with van der Waals surface area (Å²) in [4.78, 5) is 0. The van der Waals surface area contributed by atoms with Gasteiger partial charge in [-0.1, -0.05) is 0 Å². The minimum atomic E-state index is -3.70. The van der Waals surface area contributed by atoms with Gasteiger partial charge in [-0.15, -0.1) is 0 Å². The maximum atomic E-state index is 9.90. The van der Waals surface area contributed by atoms with Crippen molar-refractivity contribution in [2.24, 2.45) is 0 Å². The largest absolute Gasteiger partial charge is 0.405 e. The summed E-state index contributed by atoms with van der Waals surface area (Å²) in [6.07, 6.45) is -0.972. The monoisotopic (exact) mass is 140 g/mol. The van der Waals surface area contributed by atoms with E-state index in [1.165, 1.54) is 0 Å². The van der Waals surface area contributed by atoms with Crippen molar-refractivity contribution in [1.29, 1.82) is 0 Å². The molecule has 1 N–H and O–H groups in total. The van der Waals surface area contributed by atoms with Crippen LogP contribution in [0.15, 0.2) is 0 Å². The molecule has 0 aromatic carbocycles. The van der Waals surface area contributed by atoms with Crippen LogP contribution < -0.4 is 0 Å². The number of aliphatic hydroxyl groups is 1. The van der Waals surface area contributed by atoms with Crippen molar-refractivity contribution in [3.05, 3.63) is 0 Å². The first kappa shape index (κ1) is 5.96. The van der Waals surface area contributed by atoms with Gasteiger partial charge in [-0.3, -0.25) is 0 Å². The van der Waals surface area contributed by atoms with E-state index in [1.807, 2.05) is 0 Å². The summed E-state index contributed by atoms with van der Waals surface area (Å²) in [5, 5.41) is 8.10. The highest BCUT2D eigenvalue weighted by molar-refractivity contribution is 7.82. The predicted octanol–water partition coefficient (Wildman–Crippen LogP) is -1.40. The summed E-state index contributed by atoms with van der Waals surface area (Å²) >= 11 is 0. The van der Waals surface area contributed by atoms with Gasteiger partial charge in [0.15, 0.2) is 0 Å². The smallest absolute Gasteiger partial charge is 0.391 e. The van der Waals surface area contributed by atoms with Crippen LogP contribution in [0.25, 0.3) is 0 Å². The van der Waals surface area contributed by atoms with Gasteiger partial charge in [-0.2, -0.15) is 8.42 Å². The Hall–Kier alpha value is -0.170. The average molecular weight is 140 g/mol. The molecule has 0 aromatic rings. The van der Waals surface area contributed by atoms with E-state index in [2.05, 4.69) is 8.37 Å². The van der Waals surface area contributed by atoms with Crippen LogP contribution in [0.4, 0.5) is 0 Å². The molecule has 5 nitrogen and oxygen atoms in total. The maximum absolute atomic E-state index is 9.90. The van der Waals surface area contributed by atoms with Crippen molar-refractivity contribution in [3.63, 3.8) is 0 Å². The zero-order valence-corrected chi connectivity index (χ0v) is 4.59. The third kappa shape index (κ3) is 0.972. The Balaban J connectivity index is 2.43. The first-order valence-corrected chi connectivity index (χ1v) is 3.20. The van der Waals surface area contributed by atoms with Crippen LogP contribution in [-0.4, -0.2) is 26.4 Å². The van der Waals surface area contributed by atoms with Crippen molar-refractivity contribution < 1.29 is 21.9 Å². The van der Waals surface area contributed by atoms with Crippen molar-refractivity contribution in [2.75, 3.05) is 6.61 Å². The minimum absolute atomic E-state index is 0.431. The van der Waals surface area contributed by atoms with Gasteiger partial charge in [-0.25, -0.2) is 8.37 Å². The summed E-state index contributed by atoms with van der Waals surface area (Å²) in [6.45, 7) is -0.431. The molecular formula is C2H4O5S. The molecule has 1 aliphatic rings. The molecule has 1 saturated heterocycles. The molecule has 0 amide bonds. The van der Waals surface area contributed by atoms with Crippen LogP contribution in [0, 0.1) is 0 Å². The third-order valence-corrected chi connectivity index (χ3v) is 1.50. The number of hydrogen-bond acceptors (Lipinski definition) is 5. The second kappa shape index (κ2) is 1.66. The van der Waals surface area contributed by atoms with Crippen molar-refractivity contribution in [2.45, 2.75) is 6.29 Å². The summed E-state index contributed by atoms with van der Waals surface area (Å²) in [6, 6.07) is 0. The molecule has 0 radical (unpaired) electrons. The first-order valence-electron chi connectivity index (χ1n) is 1.86. The van der Waals surface area contributed by atoms with Crippen LogP contribution in [-0.2, 0) is 18.8 Å². The second-order valence-corrected chi connectivity index (χ2v) is 2.41. The SMILES string of the molecule is O=S1(=O)OC(CO)O1. The quantitative estimate of drug-likeness (QED) is 0.484. The van der Waals surface area contributed by atoms with E-state index in [4.69, 9.17) is 5.11 Å². The Kier molecular flexibility index (Phi) is 1.24. The molecular weight excluding hydrogens is 136 g/mol. The predicted molar refractivity (Wildman–Crippen MR) is 22.0 cm³/mol. The molecule has 6 heteroatoms. The maximum Gasteiger partial charge on any atom is 0.405 e. The fourth-order valence-electron chi connectivity index (χ4n) is 0.331. The number of aliphatic hydroxyl groups excluding tert-OH is 1. The lowest BCUT2D eigenvalue weighted by molar-refractivity contribution is -0.106. The van der Waals surface area contributed by atoms with E-state index in [9.17, 15) is 8.42 Å². The van der Waals surface area contributed by atoms with Crippen LogP contribution >= 0.6 is 0 Å². The standard InChI is InChI=1S/C2H4O5S/c3-1-2-6-8(4,5)7-2/h2-3H,1H2. The highest BCUT2D eigenvalue weighted by Crippen LogP contribution is 2.16. The fraction of sp³-hybridized carbons (Fsp3) is 1.00. The van der Waals surface area contributed by atoms with Crippen LogP contribution in [0.5, 0.6) is 0 Å². The fourth-order valence-corrected chi connectivity index (χ4v) is 0.993. The Labute approximate surface area is 46.2 Å². The van der Waals surface area contributed by atoms with E-state index < -0.39 is 23.3 Å². The van der Waals surface area contributed by atoms with Gasteiger partial charge in [-0.05, 0) is 0 Å². The third-order valence-electron chi connectivity index (χ3n) is 0.599. The zero-order valence-electron chi connectivity index (χ0n) is 3.77. The summed E-state index contributed by atoms with van der Waals surface area (Å²) in [5.74, 6) is 0. The van der Waals surface area contributed by atoms with E-state index >= 15 is 0 Å². The first-order chi connectivity index (χ1) is 3.64. The topological polar surface area (TPSA) is 72.8 Å². The molecule has 0 aliphatic carbocycles. The number of hydrogen-bond donors (Lipinski definition) is 1. The Morgan fingerprint density at radius 3 is 2.12 bits per heavy atom. The summed E-state index contributed by atoms with van der Waals surface area (Å²) in [7, 11) is -3.70. The summed E-state index contributed by atoms with van der Waals surface area (Å²) < 4.78 is 27.8. The highest BCUT2D eigenvalue weighted by atomic mass is 32.3. The van der Waals surface area contributed by atoms with E-state index in [0.29, 0.717) is 0 Å². The number of rotatable bonds is 1. The molecule has 0 unspecified atom stereocenters. The van der Waals surface area contributed by atoms with Gasteiger partial charge in [0.2, 0.25) is 6.29 Å². The molecule has 1 fully saturated rings. The van der Waals surface area contributed by atoms with Gasteiger partial charge in [0.1, 0.15) is 0 Å². The molecule has 1 heterocycles. The highest BCUT2D eigenvalue weighted by Gasteiger charge is 2.35. The van der Waals surface area contributed by atoms with Gasteiger partial charge >= 0.3 is 10.4 Å². The van der Waals surface area contributed by atoms with Crippen LogP contribution in [0.2, 0.25) is 0 Å². The molecule has 48 valence electrons. The van der Waals surface area contributed by atoms with Gasteiger partial charge in [0.25, 0.3) is 0 Å². The molecule has 0 spiro atoms. The average Bonchev–Trinajstić information content (AvgIpc) is 1.60. The molecule has 8 heavy (non-hydrogen) atoms. The molecule has 0 bridgehead atoms. The van der Waals surface area contributed by atoms with Gasteiger partial charge < -0.3 is 5.11 Å². The lowest BCUT2D eigenvalue weighted by Crippen LogP contribution is -2.38. The normalized spacial score (nSPS) is 27.1. The van der Waals surface area contributed by atoms with Crippen LogP contribution in [0.1, 0.15) is 0 Å². The van der Waals surface area contributed by atoms with Crippen molar-refractivity contribution in [3.8, 4) is 0 Å². The molecule has 0 aromatic heterocycles.